The van der Waals surface area contributed by atoms with E-state index < -0.39 is 0 Å². The second-order valence-corrected chi connectivity index (χ2v) is 6.84. The van der Waals surface area contributed by atoms with Crippen LogP contribution in [0, 0.1) is 6.92 Å². The molecule has 0 spiro atoms. The van der Waals surface area contributed by atoms with Gasteiger partial charge in [0.05, 0.1) is 5.69 Å². The van der Waals surface area contributed by atoms with Crippen molar-refractivity contribution in [2.75, 3.05) is 6.54 Å². The fraction of sp³-hybridized carbons (Fsp3) is 0.300. The number of carbonyl (C=O) groups is 1. The lowest BCUT2D eigenvalue weighted by Gasteiger charge is -2.11. The van der Waals surface area contributed by atoms with Crippen molar-refractivity contribution in [2.45, 2.75) is 33.6 Å². The van der Waals surface area contributed by atoms with E-state index in [1.807, 2.05) is 35.9 Å². The molecule has 1 amide bonds. The third-order valence-electron chi connectivity index (χ3n) is 3.98. The summed E-state index contributed by atoms with van der Waals surface area (Å²) in [5.41, 5.74) is 3.85. The molecule has 0 aliphatic carbocycles. The molecule has 7 nitrogen and oxygen atoms in total. The Kier molecular flexibility index (Phi) is 5.21. The van der Waals surface area contributed by atoms with E-state index in [1.165, 1.54) is 0 Å². The smallest absolute Gasteiger partial charge is 0.268 e. The van der Waals surface area contributed by atoms with E-state index in [0.717, 1.165) is 17.0 Å². The second kappa shape index (κ2) is 7.57. The van der Waals surface area contributed by atoms with Crippen LogP contribution in [0.25, 0.3) is 17.3 Å². The molecule has 0 aliphatic heterocycles. The van der Waals surface area contributed by atoms with E-state index in [0.29, 0.717) is 29.6 Å². The molecule has 27 heavy (non-hydrogen) atoms. The van der Waals surface area contributed by atoms with Crippen LogP contribution in [-0.2, 0) is 0 Å². The van der Waals surface area contributed by atoms with Crippen molar-refractivity contribution in [3.8, 4) is 17.3 Å². The van der Waals surface area contributed by atoms with Crippen LogP contribution in [0.3, 0.4) is 0 Å². The number of rotatable bonds is 6. The van der Waals surface area contributed by atoms with E-state index in [2.05, 4.69) is 41.0 Å². The maximum absolute atomic E-state index is 12.4. The Morgan fingerprint density at radius 3 is 2.70 bits per heavy atom. The molecule has 140 valence electrons. The molecule has 2 heterocycles. The molecular formula is C20H23N5O2. The lowest BCUT2D eigenvalue weighted by molar-refractivity contribution is 0.0957. The Labute approximate surface area is 158 Å². The normalized spacial score (nSPS) is 11.0. The van der Waals surface area contributed by atoms with E-state index in [-0.39, 0.29) is 11.8 Å². The third-order valence-corrected chi connectivity index (χ3v) is 3.98. The highest BCUT2D eigenvalue weighted by Gasteiger charge is 2.18. The summed E-state index contributed by atoms with van der Waals surface area (Å²) < 4.78 is 7.31. The first-order valence-electron chi connectivity index (χ1n) is 8.78. The number of nitrogens with zero attached hydrogens (tertiary/aromatic N) is 4. The van der Waals surface area contributed by atoms with Crippen LogP contribution in [0.5, 0.6) is 0 Å². The van der Waals surface area contributed by atoms with Crippen molar-refractivity contribution < 1.29 is 9.21 Å². The van der Waals surface area contributed by atoms with Gasteiger partial charge in [0.2, 0.25) is 5.89 Å². The Morgan fingerprint density at radius 1 is 1.30 bits per heavy atom. The van der Waals surface area contributed by atoms with Crippen LogP contribution in [0.4, 0.5) is 0 Å². The molecule has 1 aromatic carbocycles. The predicted molar refractivity (Wildman–Crippen MR) is 103 cm³/mol. The molecule has 0 aliphatic rings. The summed E-state index contributed by atoms with van der Waals surface area (Å²) in [6.45, 7) is 12.0. The summed E-state index contributed by atoms with van der Waals surface area (Å²) in [4.78, 5) is 12.4. The first-order valence-corrected chi connectivity index (χ1v) is 8.78. The highest BCUT2D eigenvalue weighted by molar-refractivity contribution is 5.94. The topological polar surface area (TPSA) is 85.8 Å². The minimum atomic E-state index is -0.147. The molecule has 0 atom stereocenters. The van der Waals surface area contributed by atoms with Gasteiger partial charge < -0.3 is 9.73 Å². The molecular weight excluding hydrogens is 342 g/mol. The molecule has 0 radical (unpaired) electrons. The van der Waals surface area contributed by atoms with Crippen LogP contribution in [-0.4, -0.2) is 32.4 Å². The summed E-state index contributed by atoms with van der Waals surface area (Å²) in [6.07, 6.45) is 0. The van der Waals surface area contributed by atoms with Crippen LogP contribution < -0.4 is 5.32 Å². The first-order chi connectivity index (χ1) is 12.8. The third kappa shape index (κ3) is 4.13. The van der Waals surface area contributed by atoms with Gasteiger partial charge in [-0.2, -0.15) is 5.10 Å². The van der Waals surface area contributed by atoms with Gasteiger partial charge in [0, 0.05) is 24.7 Å². The minimum Gasteiger partial charge on any atom is -0.420 e. The van der Waals surface area contributed by atoms with Gasteiger partial charge in [-0.3, -0.25) is 4.79 Å². The Balaban J connectivity index is 1.98. The number of amides is 1. The van der Waals surface area contributed by atoms with Gasteiger partial charge in [-0.15, -0.1) is 10.2 Å². The van der Waals surface area contributed by atoms with E-state index in [9.17, 15) is 4.79 Å². The van der Waals surface area contributed by atoms with Gasteiger partial charge in [-0.1, -0.05) is 32.1 Å². The average molecular weight is 365 g/mol. The van der Waals surface area contributed by atoms with Crippen molar-refractivity contribution in [1.82, 2.24) is 25.3 Å². The monoisotopic (exact) mass is 365 g/mol. The fourth-order valence-electron chi connectivity index (χ4n) is 2.63. The number of carbonyl (C=O) groups excluding carboxylic acids is 1. The molecule has 0 unspecified atom stereocenters. The molecule has 0 saturated heterocycles. The number of nitrogens with one attached hydrogen (secondary N) is 1. The molecule has 3 aromatic rings. The number of aryl methyl sites for hydroxylation is 1. The lowest BCUT2D eigenvalue weighted by atomic mass is 10.1. The molecule has 3 rings (SSSR count). The van der Waals surface area contributed by atoms with E-state index in [4.69, 9.17) is 4.42 Å². The summed E-state index contributed by atoms with van der Waals surface area (Å²) >= 11 is 0. The van der Waals surface area contributed by atoms with Gasteiger partial charge in [0.15, 0.2) is 0 Å². The zero-order valence-corrected chi connectivity index (χ0v) is 16.0. The largest absolute Gasteiger partial charge is 0.420 e. The van der Waals surface area contributed by atoms with Crippen LogP contribution in [0.2, 0.25) is 0 Å². The van der Waals surface area contributed by atoms with Gasteiger partial charge in [-0.25, -0.2) is 4.68 Å². The maximum atomic E-state index is 12.4. The Bertz CT molecular complexity index is 984. The van der Waals surface area contributed by atoms with Crippen LogP contribution in [0.15, 0.2) is 46.9 Å². The van der Waals surface area contributed by atoms with Crippen LogP contribution in [0.1, 0.15) is 48.6 Å². The van der Waals surface area contributed by atoms with Crippen LogP contribution >= 0.6 is 0 Å². The van der Waals surface area contributed by atoms with Gasteiger partial charge >= 0.3 is 0 Å². The number of benzene rings is 1. The average Bonchev–Trinajstić information content (AvgIpc) is 3.26. The van der Waals surface area contributed by atoms with Crippen molar-refractivity contribution in [1.29, 1.82) is 0 Å². The summed E-state index contributed by atoms with van der Waals surface area (Å²) in [7, 11) is 0. The quantitative estimate of drug-likeness (QED) is 0.674. The second-order valence-electron chi connectivity index (χ2n) is 6.84. The Hall–Kier alpha value is -3.22. The fourth-order valence-corrected chi connectivity index (χ4v) is 2.63. The molecule has 1 N–H and O–H groups in total. The summed E-state index contributed by atoms with van der Waals surface area (Å²) in [5, 5.41) is 15.4. The molecule has 0 saturated carbocycles. The lowest BCUT2D eigenvalue weighted by Crippen LogP contribution is -2.25. The highest BCUT2D eigenvalue weighted by Crippen LogP contribution is 2.25. The molecule has 7 heteroatoms. The van der Waals surface area contributed by atoms with Gasteiger partial charge in [0.1, 0.15) is 5.69 Å². The van der Waals surface area contributed by atoms with Gasteiger partial charge in [0.25, 0.3) is 11.8 Å². The SMILES string of the molecule is C=C(C)CNC(=O)c1cccc(-n2nc(-c3nnc(C)o3)cc2C(C)C)c1. The zero-order chi connectivity index (χ0) is 19.6. The number of hydrogen-bond acceptors (Lipinski definition) is 5. The highest BCUT2D eigenvalue weighted by atomic mass is 16.4. The molecule has 2 aromatic heterocycles. The van der Waals surface area contributed by atoms with Gasteiger partial charge in [-0.05, 0) is 37.1 Å². The van der Waals surface area contributed by atoms with Crippen molar-refractivity contribution in [3.05, 3.63) is 59.6 Å². The predicted octanol–water partition coefficient (Wildman–Crippen LogP) is 3.66. The molecule has 0 fully saturated rings. The minimum absolute atomic E-state index is 0.147. The first kappa shape index (κ1) is 18.6. The summed E-state index contributed by atoms with van der Waals surface area (Å²) in [6, 6.07) is 9.28. The maximum Gasteiger partial charge on any atom is 0.268 e. The van der Waals surface area contributed by atoms with E-state index >= 15 is 0 Å². The number of hydrogen-bond donors (Lipinski definition) is 1. The standard InChI is InChI=1S/C20H23N5O2/c1-12(2)11-21-19(26)15-7-6-8-16(9-15)25-18(13(3)4)10-17(24-25)20-23-22-14(5)27-20/h6-10,13H,1,11H2,2-5H3,(H,21,26). The van der Waals surface area contributed by atoms with E-state index in [1.54, 1.807) is 13.0 Å². The number of aromatic nitrogens is 4. The van der Waals surface area contributed by atoms with Crippen molar-refractivity contribution in [2.24, 2.45) is 0 Å². The van der Waals surface area contributed by atoms with Crippen molar-refractivity contribution >= 4 is 5.91 Å². The van der Waals surface area contributed by atoms with Crippen molar-refractivity contribution in [3.63, 3.8) is 0 Å². The summed E-state index contributed by atoms with van der Waals surface area (Å²) in [5.74, 6) is 0.937. The zero-order valence-electron chi connectivity index (χ0n) is 16.0. The Morgan fingerprint density at radius 2 is 2.07 bits per heavy atom. The molecule has 0 bridgehead atoms.